The summed E-state index contributed by atoms with van der Waals surface area (Å²) in [6, 6.07) is 3.90. The summed E-state index contributed by atoms with van der Waals surface area (Å²) < 4.78 is 18.7. The molecule has 0 aromatic heterocycles. The highest BCUT2D eigenvalue weighted by molar-refractivity contribution is 9.10. The van der Waals surface area contributed by atoms with Crippen LogP contribution in [0.3, 0.4) is 0 Å². The number of ketones is 2. The number of hydrogen-bond acceptors (Lipinski definition) is 3. The average molecular weight is 301 g/mol. The molecular formula is C12H10BrFO3. The molecule has 2 rings (SSSR count). The minimum atomic E-state index is -0.794. The molecule has 1 aliphatic rings. The number of hydrogen-bond donors (Lipinski definition) is 0. The lowest BCUT2D eigenvalue weighted by Crippen LogP contribution is -2.34. The lowest BCUT2D eigenvalue weighted by Gasteiger charge is -2.19. The van der Waals surface area contributed by atoms with Crippen LogP contribution in [0, 0.1) is 11.7 Å². The van der Waals surface area contributed by atoms with Gasteiger partial charge >= 0.3 is 0 Å². The second-order valence-corrected chi connectivity index (χ2v) is 4.78. The number of carbonyl (C=O) groups excluding carboxylic acids is 2. The molecule has 0 saturated carbocycles. The van der Waals surface area contributed by atoms with E-state index in [0.717, 1.165) is 6.07 Å². The molecule has 0 amide bonds. The maximum Gasteiger partial charge on any atom is 0.175 e. The van der Waals surface area contributed by atoms with Gasteiger partial charge in [0.15, 0.2) is 5.78 Å². The van der Waals surface area contributed by atoms with Gasteiger partial charge in [0.1, 0.15) is 17.5 Å². The van der Waals surface area contributed by atoms with E-state index < -0.39 is 11.7 Å². The molecule has 1 saturated heterocycles. The standard InChI is InChI=1S/C12H10BrFO3/c13-8-3-7(4-9(14)5-8)12(16)10-6-17-2-1-11(10)15/h3-5,10H,1-2,6H2. The van der Waals surface area contributed by atoms with E-state index in [1.807, 2.05) is 0 Å². The molecule has 1 unspecified atom stereocenters. The fourth-order valence-electron chi connectivity index (χ4n) is 1.76. The Balaban J connectivity index is 2.26. The third-order valence-electron chi connectivity index (χ3n) is 2.63. The maximum absolute atomic E-state index is 13.2. The van der Waals surface area contributed by atoms with Crippen molar-refractivity contribution < 1.29 is 18.7 Å². The first-order valence-corrected chi connectivity index (χ1v) is 5.98. The Bertz CT molecular complexity index is 453. The van der Waals surface area contributed by atoms with E-state index in [9.17, 15) is 14.0 Å². The van der Waals surface area contributed by atoms with Crippen LogP contribution in [0.25, 0.3) is 0 Å². The third-order valence-corrected chi connectivity index (χ3v) is 3.09. The molecule has 1 atom stereocenters. The summed E-state index contributed by atoms with van der Waals surface area (Å²) in [5.41, 5.74) is 0.195. The van der Waals surface area contributed by atoms with Crippen LogP contribution in [0.4, 0.5) is 4.39 Å². The SMILES string of the molecule is O=C1CCOCC1C(=O)c1cc(F)cc(Br)c1. The van der Waals surface area contributed by atoms with Crippen molar-refractivity contribution in [1.82, 2.24) is 0 Å². The summed E-state index contributed by atoms with van der Waals surface area (Å²) in [5.74, 6) is -1.82. The Morgan fingerprint density at radius 3 is 2.82 bits per heavy atom. The summed E-state index contributed by atoms with van der Waals surface area (Å²) in [7, 11) is 0. The van der Waals surface area contributed by atoms with E-state index in [1.165, 1.54) is 12.1 Å². The van der Waals surface area contributed by atoms with E-state index in [2.05, 4.69) is 15.9 Å². The monoisotopic (exact) mass is 300 g/mol. The summed E-state index contributed by atoms with van der Waals surface area (Å²) in [4.78, 5) is 23.6. The van der Waals surface area contributed by atoms with Crippen molar-refractivity contribution in [3.8, 4) is 0 Å². The summed E-state index contributed by atoms with van der Waals surface area (Å²) >= 11 is 3.11. The molecule has 17 heavy (non-hydrogen) atoms. The zero-order chi connectivity index (χ0) is 12.4. The van der Waals surface area contributed by atoms with Gasteiger partial charge in [0.05, 0.1) is 13.2 Å². The summed E-state index contributed by atoms with van der Waals surface area (Å²) in [6.07, 6.45) is 0.243. The van der Waals surface area contributed by atoms with Crippen molar-refractivity contribution in [2.24, 2.45) is 5.92 Å². The Kier molecular flexibility index (Phi) is 3.69. The van der Waals surface area contributed by atoms with Crippen LogP contribution in [-0.2, 0) is 9.53 Å². The van der Waals surface area contributed by atoms with Crippen LogP contribution in [0.5, 0.6) is 0 Å². The molecule has 90 valence electrons. The lowest BCUT2D eigenvalue weighted by atomic mass is 9.91. The first-order chi connectivity index (χ1) is 8.08. The Hall–Kier alpha value is -1.07. The molecule has 0 aliphatic carbocycles. The largest absolute Gasteiger partial charge is 0.380 e. The Morgan fingerprint density at radius 2 is 2.18 bits per heavy atom. The molecule has 1 aromatic rings. The molecule has 3 nitrogen and oxygen atoms in total. The highest BCUT2D eigenvalue weighted by atomic mass is 79.9. The quantitative estimate of drug-likeness (QED) is 0.622. The molecule has 1 aliphatic heterocycles. The smallest absolute Gasteiger partial charge is 0.175 e. The zero-order valence-corrected chi connectivity index (χ0v) is 10.5. The topological polar surface area (TPSA) is 43.4 Å². The molecule has 0 N–H and O–H groups in total. The molecule has 0 spiro atoms. The zero-order valence-electron chi connectivity index (χ0n) is 8.91. The van der Waals surface area contributed by atoms with Crippen molar-refractivity contribution in [2.45, 2.75) is 6.42 Å². The molecule has 1 fully saturated rings. The van der Waals surface area contributed by atoms with Crippen molar-refractivity contribution in [1.29, 1.82) is 0 Å². The van der Waals surface area contributed by atoms with Gasteiger partial charge in [0.2, 0.25) is 0 Å². The molecule has 1 aromatic carbocycles. The normalized spacial score (nSPS) is 20.4. The second kappa shape index (κ2) is 5.06. The van der Waals surface area contributed by atoms with Gasteiger partial charge in [-0.15, -0.1) is 0 Å². The summed E-state index contributed by atoms with van der Waals surface area (Å²) in [6.45, 7) is 0.446. The fourth-order valence-corrected chi connectivity index (χ4v) is 2.23. The van der Waals surface area contributed by atoms with Gasteiger partial charge in [0, 0.05) is 16.5 Å². The van der Waals surface area contributed by atoms with Crippen molar-refractivity contribution in [3.05, 3.63) is 34.1 Å². The van der Waals surface area contributed by atoms with Gasteiger partial charge in [-0.1, -0.05) is 15.9 Å². The predicted octanol–water partition coefficient (Wildman–Crippen LogP) is 2.38. The van der Waals surface area contributed by atoms with Crippen LogP contribution in [0.2, 0.25) is 0 Å². The van der Waals surface area contributed by atoms with E-state index in [4.69, 9.17) is 4.74 Å². The molecule has 0 radical (unpaired) electrons. The van der Waals surface area contributed by atoms with E-state index in [-0.39, 0.29) is 30.2 Å². The van der Waals surface area contributed by atoms with Crippen molar-refractivity contribution in [3.63, 3.8) is 0 Å². The Labute approximate surface area is 106 Å². The molecule has 1 heterocycles. The molecule has 5 heteroatoms. The van der Waals surface area contributed by atoms with Gasteiger partial charge in [-0.05, 0) is 18.2 Å². The maximum atomic E-state index is 13.2. The van der Waals surface area contributed by atoms with Crippen LogP contribution >= 0.6 is 15.9 Å². The van der Waals surface area contributed by atoms with Gasteiger partial charge in [0.25, 0.3) is 0 Å². The fraction of sp³-hybridized carbons (Fsp3) is 0.333. The minimum absolute atomic E-state index is 0.0891. The number of halogens is 2. The van der Waals surface area contributed by atoms with Gasteiger partial charge in [-0.3, -0.25) is 9.59 Å². The van der Waals surface area contributed by atoms with Crippen LogP contribution < -0.4 is 0 Å². The van der Waals surface area contributed by atoms with E-state index >= 15 is 0 Å². The van der Waals surface area contributed by atoms with Crippen molar-refractivity contribution in [2.75, 3.05) is 13.2 Å². The lowest BCUT2D eigenvalue weighted by molar-refractivity contribution is -0.128. The first kappa shape index (κ1) is 12.4. The average Bonchev–Trinajstić information content (AvgIpc) is 2.27. The van der Waals surface area contributed by atoms with Gasteiger partial charge in [-0.25, -0.2) is 4.39 Å². The van der Waals surface area contributed by atoms with Gasteiger partial charge in [-0.2, -0.15) is 0 Å². The van der Waals surface area contributed by atoms with Crippen LogP contribution in [-0.4, -0.2) is 24.8 Å². The van der Waals surface area contributed by atoms with Crippen LogP contribution in [0.15, 0.2) is 22.7 Å². The van der Waals surface area contributed by atoms with E-state index in [0.29, 0.717) is 11.1 Å². The Morgan fingerprint density at radius 1 is 1.41 bits per heavy atom. The number of ether oxygens (including phenoxy) is 1. The highest BCUT2D eigenvalue weighted by Crippen LogP contribution is 2.20. The predicted molar refractivity (Wildman–Crippen MR) is 62.4 cm³/mol. The highest BCUT2D eigenvalue weighted by Gasteiger charge is 2.30. The first-order valence-electron chi connectivity index (χ1n) is 5.18. The van der Waals surface area contributed by atoms with Gasteiger partial charge < -0.3 is 4.74 Å². The second-order valence-electron chi connectivity index (χ2n) is 3.87. The number of Topliss-reactive ketones (excluding diaryl/α,β-unsaturated/α-hetero) is 2. The number of carbonyl (C=O) groups is 2. The third kappa shape index (κ3) is 2.79. The minimum Gasteiger partial charge on any atom is -0.380 e. The summed E-state index contributed by atoms with van der Waals surface area (Å²) in [5, 5.41) is 0. The number of rotatable bonds is 2. The van der Waals surface area contributed by atoms with Crippen LogP contribution in [0.1, 0.15) is 16.8 Å². The number of benzene rings is 1. The van der Waals surface area contributed by atoms with E-state index in [1.54, 1.807) is 0 Å². The molecular weight excluding hydrogens is 291 g/mol. The van der Waals surface area contributed by atoms with Crippen molar-refractivity contribution >= 4 is 27.5 Å². The molecule has 0 bridgehead atoms.